The minimum atomic E-state index is -2.41. The van der Waals surface area contributed by atoms with Gasteiger partial charge in [-0.15, -0.1) is 0 Å². The molecule has 2 aromatic rings. The first kappa shape index (κ1) is 23.2. The third kappa shape index (κ3) is 3.69. The molecule has 0 radical (unpaired) electrons. The number of ether oxygens (including phenoxy) is 2. The largest absolute Gasteiger partial charge is 0.382 e. The van der Waals surface area contributed by atoms with Gasteiger partial charge in [-0.05, 0) is 63.4 Å². The summed E-state index contributed by atoms with van der Waals surface area (Å²) in [6.45, 7) is 8.86. The number of nitrogens with two attached hydrogens (primary N) is 1. The summed E-state index contributed by atoms with van der Waals surface area (Å²) in [5.41, 5.74) is 4.71. The van der Waals surface area contributed by atoms with Crippen LogP contribution in [-0.4, -0.2) is 56.5 Å². The molecule has 32 heavy (non-hydrogen) atoms. The van der Waals surface area contributed by atoms with E-state index >= 15 is 0 Å². The van der Waals surface area contributed by atoms with Gasteiger partial charge in [0.25, 0.3) is 0 Å². The molecule has 1 aliphatic heterocycles. The second kappa shape index (κ2) is 8.02. The summed E-state index contributed by atoms with van der Waals surface area (Å²) in [5.74, 6) is 0.696. The molecular weight excluding hydrogens is 493 g/mol. The van der Waals surface area contributed by atoms with Crippen LogP contribution in [0, 0.1) is 11.3 Å². The molecule has 5 rings (SSSR count). The second-order valence-corrected chi connectivity index (χ2v) is 15.5. The van der Waals surface area contributed by atoms with Crippen molar-refractivity contribution in [3.63, 3.8) is 0 Å². The molecule has 0 aromatic carbocycles. The van der Waals surface area contributed by atoms with Crippen LogP contribution in [0.3, 0.4) is 0 Å². The van der Waals surface area contributed by atoms with Crippen LogP contribution in [0.4, 0.5) is 5.82 Å². The van der Waals surface area contributed by atoms with Crippen molar-refractivity contribution in [1.82, 2.24) is 19.5 Å². The quantitative estimate of drug-likeness (QED) is 0.403. The minimum absolute atomic E-state index is 0.00483. The molecule has 1 saturated heterocycles. The summed E-state index contributed by atoms with van der Waals surface area (Å²) in [7, 11) is 0. The van der Waals surface area contributed by atoms with Crippen molar-refractivity contribution >= 4 is 57.5 Å². The van der Waals surface area contributed by atoms with E-state index in [0.29, 0.717) is 30.3 Å². The van der Waals surface area contributed by atoms with Crippen molar-refractivity contribution in [3.05, 3.63) is 11.6 Å². The van der Waals surface area contributed by atoms with Gasteiger partial charge < -0.3 is 28.8 Å². The number of nitrogen functional groups attached to an aromatic ring is 1. The zero-order valence-electron chi connectivity index (χ0n) is 18.4. The summed E-state index contributed by atoms with van der Waals surface area (Å²) < 4.78 is 26.6. The van der Waals surface area contributed by atoms with E-state index < -0.39 is 11.5 Å². The first-order valence-electron chi connectivity index (χ1n) is 10.7. The van der Waals surface area contributed by atoms with Gasteiger partial charge in [-0.1, -0.05) is 11.4 Å². The minimum Gasteiger partial charge on any atom is -0.382 e. The Morgan fingerprint density at radius 1 is 1.31 bits per heavy atom. The number of hydrogen-bond acceptors (Lipinski definition) is 10. The Kier molecular flexibility index (Phi) is 5.82. The fourth-order valence-electron chi connectivity index (χ4n) is 5.21. The molecule has 0 unspecified atom stereocenters. The Labute approximate surface area is 201 Å². The lowest BCUT2D eigenvalue weighted by Crippen LogP contribution is -2.32. The zero-order chi connectivity index (χ0) is 22.9. The van der Waals surface area contributed by atoms with Crippen LogP contribution in [0.25, 0.3) is 11.2 Å². The standard InChI is InChI=1S/C19H27ClN5O4PS2/c1-5-26-30(31,27-6-2)32-8-19-7-10(19)12(13-14(19)29-18(3,4)28-13)25-9-22-11-15(21)23-17(20)24-16(11)25/h9-10,12-14H,5-8H2,1-4H3,(H2,21,23,24)/t10-,12-,13+,14+,19+/m1/s1. The lowest BCUT2D eigenvalue weighted by molar-refractivity contribution is -0.160. The summed E-state index contributed by atoms with van der Waals surface area (Å²) in [6, 6.07) is -0.00483. The number of rotatable bonds is 8. The van der Waals surface area contributed by atoms with Gasteiger partial charge in [-0.2, -0.15) is 9.97 Å². The van der Waals surface area contributed by atoms with Crippen molar-refractivity contribution in [2.45, 2.75) is 58.2 Å². The van der Waals surface area contributed by atoms with E-state index in [1.807, 2.05) is 32.3 Å². The van der Waals surface area contributed by atoms with E-state index in [2.05, 4.69) is 15.0 Å². The maximum atomic E-state index is 6.45. The van der Waals surface area contributed by atoms with Gasteiger partial charge in [0, 0.05) is 11.2 Å². The van der Waals surface area contributed by atoms with Gasteiger partial charge in [0.15, 0.2) is 17.3 Å². The first-order valence-corrected chi connectivity index (χ1v) is 15.3. The fraction of sp³-hybridized carbons (Fsp3) is 0.737. The van der Waals surface area contributed by atoms with E-state index in [-0.39, 0.29) is 34.8 Å². The predicted octanol–water partition coefficient (Wildman–Crippen LogP) is 4.17. The number of hydrogen-bond donors (Lipinski definition) is 1. The Balaban J connectivity index is 1.49. The van der Waals surface area contributed by atoms with Crippen LogP contribution >= 0.6 is 28.7 Å². The number of halogens is 1. The van der Waals surface area contributed by atoms with E-state index in [9.17, 15) is 0 Å². The van der Waals surface area contributed by atoms with Crippen molar-refractivity contribution < 1.29 is 18.5 Å². The van der Waals surface area contributed by atoms with Gasteiger partial charge in [-0.25, -0.2) is 4.98 Å². The number of anilines is 1. The lowest BCUT2D eigenvalue weighted by atomic mass is 10.0. The molecule has 3 heterocycles. The smallest absolute Gasteiger partial charge is 0.247 e. The summed E-state index contributed by atoms with van der Waals surface area (Å²) in [4.78, 5) is 12.9. The van der Waals surface area contributed by atoms with Gasteiger partial charge >= 0.3 is 0 Å². The number of aromatic nitrogens is 4. The van der Waals surface area contributed by atoms with Gasteiger partial charge in [-0.3, -0.25) is 0 Å². The maximum Gasteiger partial charge on any atom is 0.247 e. The van der Waals surface area contributed by atoms with Crippen LogP contribution in [0.15, 0.2) is 6.33 Å². The average Bonchev–Trinajstić information content (AvgIpc) is 2.96. The van der Waals surface area contributed by atoms with Crippen LogP contribution in [0.5, 0.6) is 0 Å². The van der Waals surface area contributed by atoms with E-state index in [1.165, 1.54) is 0 Å². The normalized spacial score (nSPS) is 32.9. The van der Waals surface area contributed by atoms with Crippen molar-refractivity contribution in [1.29, 1.82) is 0 Å². The first-order chi connectivity index (χ1) is 15.1. The monoisotopic (exact) mass is 519 g/mol. The molecule has 3 aliphatic rings. The molecule has 2 aliphatic carbocycles. The second-order valence-electron chi connectivity index (χ2n) is 8.81. The molecule has 9 nitrogen and oxygen atoms in total. The van der Waals surface area contributed by atoms with Crippen molar-refractivity contribution in [2.24, 2.45) is 11.3 Å². The average molecular weight is 520 g/mol. The third-order valence-corrected chi connectivity index (χ3v) is 12.3. The maximum absolute atomic E-state index is 6.45. The van der Waals surface area contributed by atoms with Crippen molar-refractivity contribution in [2.75, 3.05) is 24.7 Å². The van der Waals surface area contributed by atoms with E-state index in [4.69, 9.17) is 47.7 Å². The zero-order valence-corrected chi connectivity index (χ0v) is 21.6. The van der Waals surface area contributed by atoms with Crippen LogP contribution in [0.2, 0.25) is 5.28 Å². The van der Waals surface area contributed by atoms with Gasteiger partial charge in [0.2, 0.25) is 11.0 Å². The molecule has 2 saturated carbocycles. The van der Waals surface area contributed by atoms with Gasteiger partial charge in [0.1, 0.15) is 11.6 Å². The fourth-order valence-corrected chi connectivity index (χ4v) is 10.5. The number of nitrogens with zero attached hydrogens (tertiary/aromatic N) is 4. The highest BCUT2D eigenvalue weighted by molar-refractivity contribution is 8.67. The third-order valence-electron chi connectivity index (χ3n) is 6.43. The Hall–Kier alpha value is -0.520. The van der Waals surface area contributed by atoms with Crippen LogP contribution < -0.4 is 5.73 Å². The molecule has 0 amide bonds. The molecule has 2 aromatic heterocycles. The Morgan fingerprint density at radius 3 is 2.72 bits per heavy atom. The molecular formula is C19H27ClN5O4PS2. The molecule has 2 N–H and O–H groups in total. The molecule has 13 heteroatoms. The van der Waals surface area contributed by atoms with Crippen LogP contribution in [-0.2, 0) is 30.3 Å². The molecule has 3 fully saturated rings. The Bertz CT molecular complexity index is 1090. The number of imidazole rings is 1. The predicted molar refractivity (Wildman–Crippen MR) is 128 cm³/mol. The highest BCUT2D eigenvalue weighted by atomic mass is 35.5. The highest BCUT2D eigenvalue weighted by Gasteiger charge is 2.76. The topological polar surface area (TPSA) is 107 Å². The molecule has 5 atom stereocenters. The molecule has 176 valence electrons. The molecule has 0 spiro atoms. The van der Waals surface area contributed by atoms with Crippen LogP contribution in [0.1, 0.15) is 40.2 Å². The van der Waals surface area contributed by atoms with E-state index in [0.717, 1.165) is 12.2 Å². The SMILES string of the molecule is CCOP(=S)(OCC)SC[C@@]12C[C@@H]1[C@@H](n1cnc3c(N)nc(Cl)nc31)[C@@H]1OC(C)(C)O[C@@H]12. The summed E-state index contributed by atoms with van der Waals surface area (Å²) >= 11 is 13.5. The van der Waals surface area contributed by atoms with Gasteiger partial charge in [0.05, 0.1) is 31.7 Å². The van der Waals surface area contributed by atoms with E-state index in [1.54, 1.807) is 17.7 Å². The summed E-state index contributed by atoms with van der Waals surface area (Å²) in [5, 5.41) is 0.0990. The Morgan fingerprint density at radius 2 is 2.03 bits per heavy atom. The molecule has 0 bridgehead atoms. The lowest BCUT2D eigenvalue weighted by Gasteiger charge is -2.26. The highest BCUT2D eigenvalue weighted by Crippen LogP contribution is 2.75. The number of fused-ring (bicyclic) bond motifs is 4. The summed E-state index contributed by atoms with van der Waals surface area (Å²) in [6.07, 6.45) is 2.54. The van der Waals surface area contributed by atoms with Crippen molar-refractivity contribution in [3.8, 4) is 0 Å².